The molecule has 0 radical (unpaired) electrons. The average Bonchev–Trinajstić information content (AvgIpc) is 3.35. The lowest BCUT2D eigenvalue weighted by molar-refractivity contribution is -0.131. The molecule has 4 nitrogen and oxygen atoms in total. The highest BCUT2D eigenvalue weighted by molar-refractivity contribution is 5.92. The minimum absolute atomic E-state index is 0.193. The number of carbonyl (C=O) groups excluding carboxylic acids is 1. The number of rotatable bonds is 3. The van der Waals surface area contributed by atoms with Gasteiger partial charge in [-0.25, -0.2) is 4.39 Å². The Morgan fingerprint density at radius 1 is 1.43 bits per heavy atom. The summed E-state index contributed by atoms with van der Waals surface area (Å²) in [6, 6.07) is 5.24. The summed E-state index contributed by atoms with van der Waals surface area (Å²) < 4.78 is 18.9. The third-order valence-corrected chi connectivity index (χ3v) is 5.00. The smallest absolute Gasteiger partial charge is 0.244 e. The van der Waals surface area contributed by atoms with Crippen LogP contribution in [0.4, 0.5) is 4.39 Å². The number of halogens is 1. The van der Waals surface area contributed by atoms with Crippen molar-refractivity contribution >= 4 is 5.91 Å². The summed E-state index contributed by atoms with van der Waals surface area (Å²) in [7, 11) is 1.45. The molecule has 1 amide bonds. The minimum atomic E-state index is -0.384. The Morgan fingerprint density at radius 2 is 2.14 bits per heavy atom. The highest BCUT2D eigenvalue weighted by Gasteiger charge is 2.62. The average molecular weight is 290 g/mol. The predicted molar refractivity (Wildman–Crippen MR) is 75.2 cm³/mol. The van der Waals surface area contributed by atoms with Gasteiger partial charge >= 0.3 is 0 Å². The first kappa shape index (κ1) is 13.1. The molecule has 3 fully saturated rings. The van der Waals surface area contributed by atoms with Crippen molar-refractivity contribution in [3.63, 3.8) is 0 Å². The highest BCUT2D eigenvalue weighted by Crippen LogP contribution is 2.51. The van der Waals surface area contributed by atoms with Gasteiger partial charge in [-0.3, -0.25) is 10.1 Å². The first-order chi connectivity index (χ1) is 10.1. The molecule has 2 aliphatic carbocycles. The molecule has 0 aromatic heterocycles. The van der Waals surface area contributed by atoms with Crippen molar-refractivity contribution in [1.29, 1.82) is 0 Å². The van der Waals surface area contributed by atoms with Crippen LogP contribution in [-0.4, -0.2) is 29.5 Å². The van der Waals surface area contributed by atoms with Crippen molar-refractivity contribution in [3.8, 4) is 5.75 Å². The lowest BCUT2D eigenvalue weighted by Crippen LogP contribution is -2.34. The Bertz CT molecular complexity index is 614. The van der Waals surface area contributed by atoms with E-state index in [-0.39, 0.29) is 29.2 Å². The van der Waals surface area contributed by atoms with E-state index in [2.05, 4.69) is 12.2 Å². The molecule has 3 unspecified atom stereocenters. The van der Waals surface area contributed by atoms with Crippen LogP contribution in [0.3, 0.4) is 0 Å². The van der Waals surface area contributed by atoms with Gasteiger partial charge in [0.15, 0.2) is 11.6 Å². The first-order valence-corrected chi connectivity index (χ1v) is 7.50. The summed E-state index contributed by atoms with van der Waals surface area (Å²) in [6.45, 7) is 2.15. The van der Waals surface area contributed by atoms with Gasteiger partial charge < -0.3 is 9.64 Å². The minimum Gasteiger partial charge on any atom is -0.494 e. The fourth-order valence-electron chi connectivity index (χ4n) is 3.37. The third-order valence-electron chi connectivity index (χ3n) is 5.00. The van der Waals surface area contributed by atoms with Crippen LogP contribution in [0, 0.1) is 11.7 Å². The monoisotopic (exact) mass is 290 g/mol. The van der Waals surface area contributed by atoms with Crippen LogP contribution in [0.2, 0.25) is 0 Å². The maximum absolute atomic E-state index is 14.0. The zero-order chi connectivity index (χ0) is 14.8. The summed E-state index contributed by atoms with van der Waals surface area (Å²) in [6.07, 6.45) is 2.60. The predicted octanol–water partition coefficient (Wildman–Crippen LogP) is 2.21. The van der Waals surface area contributed by atoms with E-state index in [0.29, 0.717) is 12.0 Å². The zero-order valence-electron chi connectivity index (χ0n) is 12.2. The zero-order valence-corrected chi connectivity index (χ0v) is 12.2. The normalized spacial score (nSPS) is 32.6. The molecular weight excluding hydrogens is 271 g/mol. The van der Waals surface area contributed by atoms with Crippen LogP contribution in [0.25, 0.3) is 0 Å². The molecule has 1 spiro atoms. The number of hydrogen-bond donors (Lipinski definition) is 1. The number of amides is 1. The number of nitrogens with one attached hydrogen (secondary N) is 1. The van der Waals surface area contributed by atoms with E-state index < -0.39 is 0 Å². The number of benzene rings is 1. The van der Waals surface area contributed by atoms with E-state index in [1.807, 2.05) is 11.0 Å². The molecule has 1 N–H and O–H groups in total. The van der Waals surface area contributed by atoms with Crippen molar-refractivity contribution in [2.75, 3.05) is 7.11 Å². The number of hydrogen-bond acceptors (Lipinski definition) is 3. The second kappa shape index (κ2) is 4.19. The van der Waals surface area contributed by atoms with E-state index in [9.17, 15) is 9.18 Å². The topological polar surface area (TPSA) is 41.6 Å². The summed E-state index contributed by atoms with van der Waals surface area (Å²) in [5.41, 5.74) is 0.424. The van der Waals surface area contributed by atoms with Gasteiger partial charge in [0, 0.05) is 6.04 Å². The largest absolute Gasteiger partial charge is 0.494 e. The summed E-state index contributed by atoms with van der Waals surface area (Å²) >= 11 is 0. The van der Waals surface area contributed by atoms with E-state index in [4.69, 9.17) is 4.74 Å². The molecule has 1 aromatic rings. The highest BCUT2D eigenvalue weighted by atomic mass is 19.1. The van der Waals surface area contributed by atoms with E-state index >= 15 is 0 Å². The lowest BCUT2D eigenvalue weighted by atomic mass is 10.1. The van der Waals surface area contributed by atoms with Crippen LogP contribution < -0.4 is 10.1 Å². The SMILES string of the molecule is COc1ccc(C2NC3(CC3)C(=O)N2C2CC2C)cc1F. The van der Waals surface area contributed by atoms with Crippen LogP contribution in [0.5, 0.6) is 5.75 Å². The molecule has 5 heteroatoms. The fraction of sp³-hybridized carbons (Fsp3) is 0.562. The fourth-order valence-corrected chi connectivity index (χ4v) is 3.37. The molecule has 0 bridgehead atoms. The summed E-state index contributed by atoms with van der Waals surface area (Å²) in [4.78, 5) is 14.6. The van der Waals surface area contributed by atoms with Gasteiger partial charge in [0.1, 0.15) is 11.7 Å². The lowest BCUT2D eigenvalue weighted by Gasteiger charge is -2.25. The van der Waals surface area contributed by atoms with E-state index in [1.165, 1.54) is 13.2 Å². The first-order valence-electron chi connectivity index (χ1n) is 7.50. The van der Waals surface area contributed by atoms with Crippen molar-refractivity contribution < 1.29 is 13.9 Å². The van der Waals surface area contributed by atoms with Gasteiger partial charge in [-0.1, -0.05) is 13.0 Å². The standard InChI is InChI=1S/C16H19FN2O2/c1-9-7-12(9)19-14(18-16(5-6-16)15(19)20)10-3-4-13(21-2)11(17)8-10/h3-4,8-9,12,14,18H,5-7H2,1-2H3. The second-order valence-electron chi connectivity index (χ2n) is 6.52. The summed E-state index contributed by atoms with van der Waals surface area (Å²) in [5.74, 6) is 0.577. The van der Waals surface area contributed by atoms with Crippen LogP contribution in [-0.2, 0) is 4.79 Å². The molecule has 1 aromatic carbocycles. The van der Waals surface area contributed by atoms with Crippen LogP contribution in [0.15, 0.2) is 18.2 Å². The van der Waals surface area contributed by atoms with Gasteiger partial charge in [0.2, 0.25) is 5.91 Å². The summed E-state index contributed by atoms with van der Waals surface area (Å²) in [5, 5.41) is 3.43. The van der Waals surface area contributed by atoms with E-state index in [1.54, 1.807) is 6.07 Å². The maximum Gasteiger partial charge on any atom is 0.244 e. The molecule has 3 aliphatic rings. The van der Waals surface area contributed by atoms with E-state index in [0.717, 1.165) is 24.8 Å². The van der Waals surface area contributed by atoms with Crippen molar-refractivity contribution in [1.82, 2.24) is 10.2 Å². The van der Waals surface area contributed by atoms with Crippen LogP contribution >= 0.6 is 0 Å². The molecule has 112 valence electrons. The number of methoxy groups -OCH3 is 1. The van der Waals surface area contributed by atoms with Gasteiger partial charge in [-0.2, -0.15) is 0 Å². The Labute approximate surface area is 123 Å². The Hall–Kier alpha value is -1.62. The van der Waals surface area contributed by atoms with Crippen LogP contribution in [0.1, 0.15) is 37.9 Å². The van der Waals surface area contributed by atoms with Crippen molar-refractivity contribution in [2.45, 2.75) is 43.9 Å². The molecule has 21 heavy (non-hydrogen) atoms. The molecule has 1 saturated heterocycles. The van der Waals surface area contributed by atoms with Gasteiger partial charge in [0.25, 0.3) is 0 Å². The van der Waals surface area contributed by atoms with Gasteiger partial charge in [0.05, 0.1) is 7.11 Å². The molecule has 4 rings (SSSR count). The molecule has 2 saturated carbocycles. The third kappa shape index (κ3) is 1.87. The quantitative estimate of drug-likeness (QED) is 0.928. The van der Waals surface area contributed by atoms with Crippen molar-refractivity contribution in [3.05, 3.63) is 29.6 Å². The Morgan fingerprint density at radius 3 is 2.67 bits per heavy atom. The van der Waals surface area contributed by atoms with Gasteiger partial charge in [-0.15, -0.1) is 0 Å². The van der Waals surface area contributed by atoms with Crippen molar-refractivity contribution in [2.24, 2.45) is 5.92 Å². The number of nitrogens with zero attached hydrogens (tertiary/aromatic N) is 1. The van der Waals surface area contributed by atoms with Gasteiger partial charge in [-0.05, 0) is 42.9 Å². The number of carbonyl (C=O) groups is 1. The molecule has 3 atom stereocenters. The molecule has 1 aliphatic heterocycles. The molecular formula is C16H19FN2O2. The Kier molecular flexibility index (Phi) is 2.61. The second-order valence-corrected chi connectivity index (χ2v) is 6.52. The number of ether oxygens (including phenoxy) is 1. The Balaban J connectivity index is 1.69. The molecule has 1 heterocycles. The maximum atomic E-state index is 14.0.